The van der Waals surface area contributed by atoms with E-state index in [4.69, 9.17) is 9.47 Å². The lowest BCUT2D eigenvalue weighted by molar-refractivity contribution is 0.0415. The Labute approximate surface area is 106 Å². The Morgan fingerprint density at radius 2 is 1.94 bits per heavy atom. The number of esters is 1. The van der Waals surface area contributed by atoms with Gasteiger partial charge in [0.2, 0.25) is 0 Å². The van der Waals surface area contributed by atoms with Crippen molar-refractivity contribution in [2.45, 2.75) is 17.1 Å². The molecule has 0 bridgehead atoms. The van der Waals surface area contributed by atoms with Gasteiger partial charge in [0, 0.05) is 0 Å². The summed E-state index contributed by atoms with van der Waals surface area (Å²) in [4.78, 5) is 11.6. The highest BCUT2D eigenvalue weighted by molar-refractivity contribution is 7.92. The van der Waals surface area contributed by atoms with Gasteiger partial charge in [-0.25, -0.2) is 13.2 Å². The van der Waals surface area contributed by atoms with E-state index in [0.29, 0.717) is 5.56 Å². The number of carbonyl (C=O) groups excluding carboxylic acids is 1. The van der Waals surface area contributed by atoms with Crippen LogP contribution >= 0.6 is 0 Å². The van der Waals surface area contributed by atoms with E-state index in [1.807, 2.05) is 0 Å². The highest BCUT2D eigenvalue weighted by atomic mass is 32.2. The van der Waals surface area contributed by atoms with Gasteiger partial charge in [-0.05, 0) is 31.2 Å². The van der Waals surface area contributed by atoms with E-state index in [1.54, 1.807) is 6.92 Å². The molecular formula is C12H14O5S. The molecule has 0 radical (unpaired) electrons. The molecule has 1 heterocycles. The average Bonchev–Trinajstić information content (AvgIpc) is 2.26. The minimum Gasteiger partial charge on any atom is -0.462 e. The summed E-state index contributed by atoms with van der Waals surface area (Å²) < 4.78 is 33.8. The van der Waals surface area contributed by atoms with Gasteiger partial charge in [0.1, 0.15) is 5.25 Å². The molecule has 18 heavy (non-hydrogen) atoms. The summed E-state index contributed by atoms with van der Waals surface area (Å²) in [5.41, 5.74) is 0.348. The maximum Gasteiger partial charge on any atom is 0.338 e. The minimum absolute atomic E-state index is 0.212. The molecule has 0 aromatic heterocycles. The van der Waals surface area contributed by atoms with Gasteiger partial charge in [0.05, 0.1) is 30.3 Å². The first-order valence-electron chi connectivity index (χ1n) is 5.64. The van der Waals surface area contributed by atoms with Gasteiger partial charge in [-0.15, -0.1) is 0 Å². The van der Waals surface area contributed by atoms with Crippen LogP contribution in [-0.4, -0.2) is 39.5 Å². The number of benzene rings is 1. The molecule has 6 heteroatoms. The van der Waals surface area contributed by atoms with Gasteiger partial charge in [0.25, 0.3) is 0 Å². The van der Waals surface area contributed by atoms with E-state index in [2.05, 4.69) is 0 Å². The van der Waals surface area contributed by atoms with Crippen molar-refractivity contribution in [2.24, 2.45) is 0 Å². The quantitative estimate of drug-likeness (QED) is 0.764. The summed E-state index contributed by atoms with van der Waals surface area (Å²) >= 11 is 0. The first kappa shape index (κ1) is 13.0. The Balaban J connectivity index is 2.19. The third-order valence-electron chi connectivity index (χ3n) is 2.74. The number of rotatable bonds is 4. The lowest BCUT2D eigenvalue weighted by atomic mass is 10.2. The average molecular weight is 270 g/mol. The Kier molecular flexibility index (Phi) is 3.68. The molecule has 1 aromatic rings. The lowest BCUT2D eigenvalue weighted by Gasteiger charge is -2.25. The summed E-state index contributed by atoms with van der Waals surface area (Å²) in [6.07, 6.45) is 0. The molecule has 0 N–H and O–H groups in total. The zero-order chi connectivity index (χ0) is 13.2. The van der Waals surface area contributed by atoms with Crippen LogP contribution in [0, 0.1) is 0 Å². The fourth-order valence-electron chi connectivity index (χ4n) is 1.58. The van der Waals surface area contributed by atoms with Crippen molar-refractivity contribution in [3.8, 4) is 0 Å². The van der Waals surface area contributed by atoms with Crippen molar-refractivity contribution >= 4 is 15.8 Å². The van der Waals surface area contributed by atoms with E-state index >= 15 is 0 Å². The second-order valence-corrected chi connectivity index (χ2v) is 6.18. The molecule has 1 aliphatic rings. The van der Waals surface area contributed by atoms with Crippen molar-refractivity contribution in [2.75, 3.05) is 19.8 Å². The lowest BCUT2D eigenvalue weighted by Crippen LogP contribution is -2.40. The minimum atomic E-state index is -3.33. The second kappa shape index (κ2) is 5.07. The van der Waals surface area contributed by atoms with Crippen molar-refractivity contribution < 1.29 is 22.7 Å². The zero-order valence-electron chi connectivity index (χ0n) is 9.96. The van der Waals surface area contributed by atoms with E-state index in [0.717, 1.165) is 0 Å². The smallest absolute Gasteiger partial charge is 0.338 e. The van der Waals surface area contributed by atoms with Gasteiger partial charge >= 0.3 is 5.97 Å². The fraction of sp³-hybridized carbons (Fsp3) is 0.417. The van der Waals surface area contributed by atoms with Crippen LogP contribution in [0.4, 0.5) is 0 Å². The van der Waals surface area contributed by atoms with E-state index < -0.39 is 21.1 Å². The number of carbonyl (C=O) groups is 1. The summed E-state index contributed by atoms with van der Waals surface area (Å²) in [6, 6.07) is 5.79. The predicted molar refractivity (Wildman–Crippen MR) is 64.2 cm³/mol. The maximum atomic E-state index is 12.0. The Morgan fingerprint density at radius 3 is 2.39 bits per heavy atom. The summed E-state index contributed by atoms with van der Waals surface area (Å²) in [6.45, 7) is 2.48. The molecule has 0 amide bonds. The molecule has 0 saturated carbocycles. The van der Waals surface area contributed by atoms with Gasteiger partial charge in [-0.2, -0.15) is 0 Å². The molecule has 98 valence electrons. The van der Waals surface area contributed by atoms with Crippen LogP contribution in [0.3, 0.4) is 0 Å². The number of hydrogen-bond acceptors (Lipinski definition) is 5. The van der Waals surface area contributed by atoms with Crippen molar-refractivity contribution in [3.63, 3.8) is 0 Å². The highest BCUT2D eigenvalue weighted by Gasteiger charge is 2.33. The molecule has 1 fully saturated rings. The Morgan fingerprint density at radius 1 is 1.33 bits per heavy atom. The SMILES string of the molecule is CCOC(=O)c1ccc(S(=O)(=O)C2COC2)cc1. The largest absolute Gasteiger partial charge is 0.462 e. The highest BCUT2D eigenvalue weighted by Crippen LogP contribution is 2.21. The Bertz CT molecular complexity index is 528. The third kappa shape index (κ3) is 2.39. The van der Waals surface area contributed by atoms with Crippen LogP contribution in [0.2, 0.25) is 0 Å². The molecule has 0 unspecified atom stereocenters. The maximum absolute atomic E-state index is 12.0. The Hall–Kier alpha value is -1.40. The summed E-state index contributed by atoms with van der Waals surface area (Å²) in [5, 5.41) is -0.467. The molecule has 1 aliphatic heterocycles. The molecule has 0 spiro atoms. The molecule has 1 aromatic carbocycles. The van der Waals surface area contributed by atoms with Crippen molar-refractivity contribution in [3.05, 3.63) is 29.8 Å². The van der Waals surface area contributed by atoms with Gasteiger partial charge in [0.15, 0.2) is 9.84 Å². The van der Waals surface area contributed by atoms with Crippen LogP contribution in [0.25, 0.3) is 0 Å². The molecular weight excluding hydrogens is 256 g/mol. The number of ether oxygens (including phenoxy) is 2. The predicted octanol–water partition coefficient (Wildman–Crippen LogP) is 1.04. The second-order valence-electron chi connectivity index (χ2n) is 3.95. The van der Waals surface area contributed by atoms with Crippen LogP contribution < -0.4 is 0 Å². The van der Waals surface area contributed by atoms with Gasteiger partial charge < -0.3 is 9.47 Å². The third-order valence-corrected chi connectivity index (χ3v) is 4.82. The van der Waals surface area contributed by atoms with Crippen LogP contribution in [0.5, 0.6) is 0 Å². The van der Waals surface area contributed by atoms with Crippen LogP contribution in [-0.2, 0) is 19.3 Å². The molecule has 0 atom stereocenters. The van der Waals surface area contributed by atoms with E-state index in [9.17, 15) is 13.2 Å². The molecule has 5 nitrogen and oxygen atoms in total. The standard InChI is InChI=1S/C12H14O5S/c1-2-17-12(13)9-3-5-10(6-4-9)18(14,15)11-7-16-8-11/h3-6,11H,2,7-8H2,1H3. The van der Waals surface area contributed by atoms with Gasteiger partial charge in [-0.1, -0.05) is 0 Å². The van der Waals surface area contributed by atoms with Crippen LogP contribution in [0.1, 0.15) is 17.3 Å². The fourth-order valence-corrected chi connectivity index (χ4v) is 3.03. The van der Waals surface area contributed by atoms with Crippen molar-refractivity contribution in [1.29, 1.82) is 0 Å². The number of sulfone groups is 1. The normalized spacial score (nSPS) is 16.1. The monoisotopic (exact) mass is 270 g/mol. The van der Waals surface area contributed by atoms with Gasteiger partial charge in [-0.3, -0.25) is 0 Å². The van der Waals surface area contributed by atoms with Crippen LogP contribution in [0.15, 0.2) is 29.2 Å². The van der Waals surface area contributed by atoms with E-state index in [1.165, 1.54) is 24.3 Å². The summed E-state index contributed by atoms with van der Waals surface area (Å²) in [5.74, 6) is -0.451. The van der Waals surface area contributed by atoms with E-state index in [-0.39, 0.29) is 24.7 Å². The number of hydrogen-bond donors (Lipinski definition) is 0. The zero-order valence-corrected chi connectivity index (χ0v) is 10.8. The summed E-state index contributed by atoms with van der Waals surface area (Å²) in [7, 11) is -3.33. The molecule has 0 aliphatic carbocycles. The topological polar surface area (TPSA) is 69.7 Å². The van der Waals surface area contributed by atoms with Crippen molar-refractivity contribution in [1.82, 2.24) is 0 Å². The molecule has 2 rings (SSSR count). The molecule has 1 saturated heterocycles. The first-order valence-corrected chi connectivity index (χ1v) is 7.19. The first-order chi connectivity index (χ1) is 8.55.